The fourth-order valence-corrected chi connectivity index (χ4v) is 2.64. The summed E-state index contributed by atoms with van der Waals surface area (Å²) in [5.74, 6) is -0.421. The van der Waals surface area contributed by atoms with Crippen LogP contribution in [0.5, 0.6) is 0 Å². The first-order valence-electron chi connectivity index (χ1n) is 7.33. The van der Waals surface area contributed by atoms with Crippen LogP contribution in [0.1, 0.15) is 27.4 Å². The fraction of sp³-hybridized carbons (Fsp3) is 0.333. The maximum atomic E-state index is 13.6. The van der Waals surface area contributed by atoms with Crippen LogP contribution in [0.3, 0.4) is 0 Å². The average molecular weight is 369 g/mol. The first-order valence-corrected chi connectivity index (χ1v) is 7.70. The third-order valence-corrected chi connectivity index (χ3v) is 3.78. The van der Waals surface area contributed by atoms with Gasteiger partial charge >= 0.3 is 5.38 Å². The third kappa shape index (κ3) is 3.46. The van der Waals surface area contributed by atoms with E-state index >= 15 is 0 Å². The zero-order chi connectivity index (χ0) is 18.4. The van der Waals surface area contributed by atoms with Crippen LogP contribution in [0, 0.1) is 6.92 Å². The van der Waals surface area contributed by atoms with Crippen molar-refractivity contribution in [2.45, 2.75) is 18.9 Å². The number of carbonyl (C=O) groups excluding carboxylic acids is 1. The number of amides is 1. The van der Waals surface area contributed by atoms with Crippen molar-refractivity contribution >= 4 is 23.2 Å². The van der Waals surface area contributed by atoms with E-state index in [4.69, 9.17) is 11.6 Å². The van der Waals surface area contributed by atoms with Gasteiger partial charge in [0.1, 0.15) is 5.69 Å². The van der Waals surface area contributed by atoms with Gasteiger partial charge < -0.3 is 4.90 Å². The Hall–Kier alpha value is -2.55. The maximum Gasteiger partial charge on any atom is 0.364 e. The van der Waals surface area contributed by atoms with Crippen molar-refractivity contribution in [2.24, 2.45) is 7.05 Å². The molecule has 3 heterocycles. The summed E-state index contributed by atoms with van der Waals surface area (Å²) in [6, 6.07) is 2.50. The lowest BCUT2D eigenvalue weighted by Gasteiger charge is -2.14. The van der Waals surface area contributed by atoms with E-state index in [2.05, 4.69) is 15.2 Å². The number of aromatic nitrogens is 5. The summed E-state index contributed by atoms with van der Waals surface area (Å²) in [6.07, 6.45) is 3.43. The second-order valence-corrected chi connectivity index (χ2v) is 6.24. The molecule has 0 bridgehead atoms. The number of rotatable bonds is 4. The number of hydrogen-bond donors (Lipinski definition) is 0. The van der Waals surface area contributed by atoms with Gasteiger partial charge in [0, 0.05) is 44.2 Å². The van der Waals surface area contributed by atoms with Crippen LogP contribution in [0.15, 0.2) is 24.5 Å². The minimum atomic E-state index is -3.63. The van der Waals surface area contributed by atoms with E-state index in [1.807, 2.05) is 0 Å². The fourth-order valence-electron chi connectivity index (χ4n) is 2.50. The summed E-state index contributed by atoms with van der Waals surface area (Å²) in [4.78, 5) is 18.1. The quantitative estimate of drug-likeness (QED) is 0.663. The lowest BCUT2D eigenvalue weighted by atomic mass is 10.3. The van der Waals surface area contributed by atoms with Crippen molar-refractivity contribution in [2.75, 3.05) is 7.05 Å². The van der Waals surface area contributed by atoms with Crippen LogP contribution >= 0.6 is 11.6 Å². The molecule has 0 atom stereocenters. The van der Waals surface area contributed by atoms with Crippen LogP contribution in [0.4, 0.5) is 8.78 Å². The molecule has 3 rings (SSSR count). The van der Waals surface area contributed by atoms with Gasteiger partial charge in [0.15, 0.2) is 11.3 Å². The van der Waals surface area contributed by atoms with Crippen molar-refractivity contribution in [3.8, 4) is 0 Å². The molecule has 0 saturated heterocycles. The Labute approximate surface area is 146 Å². The molecule has 0 N–H and O–H groups in total. The van der Waals surface area contributed by atoms with E-state index in [0.717, 1.165) is 16.1 Å². The highest BCUT2D eigenvalue weighted by Crippen LogP contribution is 2.32. The molecule has 3 aromatic rings. The van der Waals surface area contributed by atoms with Crippen molar-refractivity contribution in [3.63, 3.8) is 0 Å². The lowest BCUT2D eigenvalue weighted by molar-refractivity contribution is 0.0773. The predicted molar refractivity (Wildman–Crippen MR) is 86.5 cm³/mol. The Morgan fingerprint density at radius 3 is 2.72 bits per heavy atom. The van der Waals surface area contributed by atoms with E-state index in [1.165, 1.54) is 11.0 Å². The molecule has 0 fully saturated rings. The summed E-state index contributed by atoms with van der Waals surface area (Å²) in [5.41, 5.74) is 0.792. The van der Waals surface area contributed by atoms with Crippen LogP contribution in [0.25, 0.3) is 5.65 Å². The Morgan fingerprint density at radius 1 is 1.40 bits per heavy atom. The molecule has 0 aliphatic heterocycles. The molecule has 0 aliphatic carbocycles. The molecule has 0 aromatic carbocycles. The number of nitrogens with zero attached hydrogens (tertiary/aromatic N) is 6. The average Bonchev–Trinajstić information content (AvgIpc) is 3.10. The van der Waals surface area contributed by atoms with E-state index < -0.39 is 17.0 Å². The SMILES string of the molecule is Cc1cc(C(F)(F)Cl)n2nc(C(=O)N(C)Cc3cnn(C)c3)cc2n1. The standard InChI is InChI=1S/C15H15ClF2N6O/c1-9-4-12(15(16,17)18)24-13(20-9)5-11(21-24)14(25)22(2)7-10-6-19-23(3)8-10/h4-6,8H,7H2,1-3H3. The topological polar surface area (TPSA) is 68.3 Å². The number of alkyl halides is 3. The summed E-state index contributed by atoms with van der Waals surface area (Å²) >= 11 is 5.14. The van der Waals surface area contributed by atoms with Crippen LogP contribution in [-0.2, 0) is 19.0 Å². The Balaban J connectivity index is 1.94. The molecule has 7 nitrogen and oxygen atoms in total. The van der Waals surface area contributed by atoms with E-state index in [9.17, 15) is 13.6 Å². The molecular weight excluding hydrogens is 354 g/mol. The molecule has 132 valence electrons. The van der Waals surface area contributed by atoms with Gasteiger partial charge in [0.25, 0.3) is 5.91 Å². The zero-order valence-electron chi connectivity index (χ0n) is 13.7. The second-order valence-electron chi connectivity index (χ2n) is 5.76. The normalized spacial score (nSPS) is 11.9. The monoisotopic (exact) mass is 368 g/mol. The van der Waals surface area contributed by atoms with E-state index in [1.54, 1.807) is 38.1 Å². The summed E-state index contributed by atoms with van der Waals surface area (Å²) in [6.45, 7) is 1.88. The molecule has 0 spiro atoms. The summed E-state index contributed by atoms with van der Waals surface area (Å²) in [5, 5.41) is 4.38. The molecular formula is C15H15ClF2N6O. The molecule has 25 heavy (non-hydrogen) atoms. The molecule has 10 heteroatoms. The first kappa shape index (κ1) is 17.3. The number of halogens is 3. The molecule has 0 aliphatic rings. The van der Waals surface area contributed by atoms with Gasteiger partial charge in [-0.2, -0.15) is 19.0 Å². The van der Waals surface area contributed by atoms with Gasteiger partial charge in [-0.1, -0.05) is 0 Å². The molecule has 3 aromatic heterocycles. The minimum Gasteiger partial charge on any atom is -0.336 e. The molecule has 1 amide bonds. The number of fused-ring (bicyclic) bond motifs is 1. The molecule has 0 saturated carbocycles. The number of aryl methyl sites for hydroxylation is 2. The highest BCUT2D eigenvalue weighted by Gasteiger charge is 2.33. The van der Waals surface area contributed by atoms with Crippen LogP contribution < -0.4 is 0 Å². The number of hydrogen-bond acceptors (Lipinski definition) is 4. The highest BCUT2D eigenvalue weighted by molar-refractivity contribution is 6.21. The van der Waals surface area contributed by atoms with Crippen molar-refractivity contribution in [3.05, 3.63) is 47.2 Å². The highest BCUT2D eigenvalue weighted by atomic mass is 35.5. The van der Waals surface area contributed by atoms with Gasteiger partial charge in [-0.15, -0.1) is 0 Å². The van der Waals surface area contributed by atoms with E-state index in [0.29, 0.717) is 12.2 Å². The largest absolute Gasteiger partial charge is 0.364 e. The third-order valence-electron chi connectivity index (χ3n) is 3.59. The van der Waals surface area contributed by atoms with Gasteiger partial charge in [-0.3, -0.25) is 9.48 Å². The van der Waals surface area contributed by atoms with Crippen LogP contribution in [0.2, 0.25) is 0 Å². The first-order chi connectivity index (χ1) is 11.6. The molecule has 0 unspecified atom stereocenters. The van der Waals surface area contributed by atoms with Gasteiger partial charge in [-0.25, -0.2) is 9.50 Å². The van der Waals surface area contributed by atoms with Crippen molar-refractivity contribution in [1.82, 2.24) is 29.3 Å². The summed E-state index contributed by atoms with van der Waals surface area (Å²) in [7, 11) is 3.37. The Morgan fingerprint density at radius 2 is 2.12 bits per heavy atom. The smallest absolute Gasteiger partial charge is 0.336 e. The van der Waals surface area contributed by atoms with E-state index in [-0.39, 0.29) is 11.3 Å². The minimum absolute atomic E-state index is 0.00616. The van der Waals surface area contributed by atoms with Crippen LogP contribution in [-0.4, -0.2) is 42.2 Å². The zero-order valence-corrected chi connectivity index (χ0v) is 14.5. The second kappa shape index (κ2) is 6.07. The number of carbonyl (C=O) groups is 1. The van der Waals surface area contributed by atoms with Crippen molar-refractivity contribution < 1.29 is 13.6 Å². The summed E-state index contributed by atoms with van der Waals surface area (Å²) < 4.78 is 29.7. The Kier molecular flexibility index (Phi) is 4.19. The van der Waals surface area contributed by atoms with Crippen molar-refractivity contribution in [1.29, 1.82) is 0 Å². The van der Waals surface area contributed by atoms with Gasteiger partial charge in [-0.05, 0) is 24.6 Å². The van der Waals surface area contributed by atoms with Gasteiger partial charge in [0.2, 0.25) is 0 Å². The predicted octanol–water partition coefficient (Wildman–Crippen LogP) is 2.33. The Bertz CT molecular complexity index is 945. The molecule has 0 radical (unpaired) electrons. The van der Waals surface area contributed by atoms with Gasteiger partial charge in [0.05, 0.1) is 6.20 Å². The maximum absolute atomic E-state index is 13.6. The lowest BCUT2D eigenvalue weighted by Crippen LogP contribution is -2.26.